The van der Waals surface area contributed by atoms with E-state index in [9.17, 15) is 6.18 Å². The summed E-state index contributed by atoms with van der Waals surface area (Å²) in [5.41, 5.74) is 3.95. The second kappa shape index (κ2) is 11.5. The molecule has 0 fully saturated rings. The van der Waals surface area contributed by atoms with Gasteiger partial charge in [0.25, 0.3) is 0 Å². The van der Waals surface area contributed by atoms with E-state index in [1.807, 2.05) is 0 Å². The summed E-state index contributed by atoms with van der Waals surface area (Å²) < 4.78 is 19.5. The number of fused-ring (bicyclic) bond motifs is 2. The molecule has 0 N–H and O–H groups in total. The molecule has 0 saturated carbocycles. The van der Waals surface area contributed by atoms with Crippen molar-refractivity contribution in [2.24, 2.45) is 0 Å². The van der Waals surface area contributed by atoms with E-state index >= 15 is 0 Å². The van der Waals surface area contributed by atoms with Gasteiger partial charge < -0.3 is 0 Å². The van der Waals surface area contributed by atoms with Gasteiger partial charge in [0.2, 0.25) is 0 Å². The maximum absolute atomic E-state index is 9.75. The zero-order valence-corrected chi connectivity index (χ0v) is 20.4. The molecule has 0 aromatic heterocycles. The molecule has 5 rings (SSSR count). The molecule has 158 valence electrons. The molecular weight excluding hydrogens is 441 g/mol. The molecule has 0 bridgehead atoms. The van der Waals surface area contributed by atoms with Gasteiger partial charge >= 0.3 is 26.4 Å². The quantitative estimate of drug-likeness (QED) is 0.139. The Morgan fingerprint density at radius 2 is 1.39 bits per heavy atom. The third-order valence-electron chi connectivity index (χ3n) is 5.10. The standard InChI is InChI=1S/C16H13.C11H12P.2FH.Ti/c1-12-10-14-8-5-9-15(16(14)11-12)13-6-3-2-4-7-13;1-12(2)11-7-9-5-3-4-6-10(9)8-11;;;/h2-11H,1H3;3-8H,1-2H3;2*1H;/q2*-1;;;+2/p-2. The van der Waals surface area contributed by atoms with E-state index < -0.39 is 20.2 Å². The number of hydrogen-bond acceptors (Lipinski definition) is 0. The number of benzene rings is 3. The van der Waals surface area contributed by atoms with Gasteiger partial charge in [0.1, 0.15) is 0 Å². The van der Waals surface area contributed by atoms with Crippen LogP contribution in [-0.4, -0.2) is 13.3 Å². The van der Waals surface area contributed by atoms with Crippen LogP contribution in [0.25, 0.3) is 32.7 Å². The van der Waals surface area contributed by atoms with Crippen LogP contribution in [0, 0.1) is 6.92 Å². The molecule has 0 atom stereocenters. The Balaban J connectivity index is 0.000000161. The predicted octanol–water partition coefficient (Wildman–Crippen LogP) is 8.30. The molecule has 5 aromatic rings. The van der Waals surface area contributed by atoms with Crippen LogP contribution < -0.4 is 5.30 Å². The Hall–Kier alpha value is -2.12. The van der Waals surface area contributed by atoms with Crippen molar-refractivity contribution in [3.8, 4) is 11.1 Å². The van der Waals surface area contributed by atoms with Crippen LogP contribution in [0.15, 0.2) is 97.1 Å². The molecule has 0 aliphatic heterocycles. The van der Waals surface area contributed by atoms with Gasteiger partial charge in [-0.25, -0.2) is 0 Å². The van der Waals surface area contributed by atoms with Crippen molar-refractivity contribution >= 4 is 34.8 Å². The molecule has 0 aliphatic carbocycles. The van der Waals surface area contributed by atoms with E-state index in [4.69, 9.17) is 0 Å². The van der Waals surface area contributed by atoms with Gasteiger partial charge in [-0.2, -0.15) is 12.1 Å². The molecule has 0 spiro atoms. The fourth-order valence-corrected chi connectivity index (χ4v) is 4.44. The molecule has 31 heavy (non-hydrogen) atoms. The van der Waals surface area contributed by atoms with Gasteiger partial charge in [-0.1, -0.05) is 55.0 Å². The number of rotatable bonds is 2. The van der Waals surface area contributed by atoms with Gasteiger partial charge in [0.15, 0.2) is 0 Å². The molecule has 0 unspecified atom stereocenters. The topological polar surface area (TPSA) is 0 Å². The Bertz CT molecular complexity index is 1190. The first-order valence-electron chi connectivity index (χ1n) is 10.0. The fraction of sp³-hybridized carbons (Fsp3) is 0.111. The van der Waals surface area contributed by atoms with Crippen molar-refractivity contribution < 1.29 is 26.4 Å². The second-order valence-corrected chi connectivity index (χ2v) is 10.0. The second-order valence-electron chi connectivity index (χ2n) is 7.52. The Morgan fingerprint density at radius 1 is 0.742 bits per heavy atom. The van der Waals surface area contributed by atoms with Crippen molar-refractivity contribution in [1.82, 2.24) is 0 Å². The van der Waals surface area contributed by atoms with E-state index in [1.165, 1.54) is 43.5 Å². The first kappa shape index (κ1) is 23.5. The third-order valence-corrected chi connectivity index (χ3v) is 6.39. The number of hydrogen-bond donors (Lipinski definition) is 0. The van der Waals surface area contributed by atoms with Crippen LogP contribution in [0.5, 0.6) is 0 Å². The summed E-state index contributed by atoms with van der Waals surface area (Å²) in [7, 11) is 0.0576. The fourth-order valence-electron chi connectivity index (χ4n) is 3.65. The summed E-state index contributed by atoms with van der Waals surface area (Å²) in [6, 6.07) is 34.7. The predicted molar refractivity (Wildman–Crippen MR) is 130 cm³/mol. The van der Waals surface area contributed by atoms with Gasteiger partial charge in [-0.05, 0) is 18.9 Å². The Kier molecular flexibility index (Phi) is 8.73. The summed E-state index contributed by atoms with van der Waals surface area (Å²) in [4.78, 5) is 0. The van der Waals surface area contributed by atoms with E-state index in [1.54, 1.807) is 0 Å². The van der Waals surface area contributed by atoms with E-state index in [0.29, 0.717) is 0 Å². The third kappa shape index (κ3) is 6.20. The zero-order chi connectivity index (χ0) is 22.2. The summed E-state index contributed by atoms with van der Waals surface area (Å²) >= 11 is -2.50. The van der Waals surface area contributed by atoms with Crippen LogP contribution in [0.3, 0.4) is 0 Å². The average Bonchev–Trinajstić information content (AvgIpc) is 3.38. The summed E-state index contributed by atoms with van der Waals surface area (Å²) in [6.07, 6.45) is 0. The first-order valence-corrected chi connectivity index (χ1v) is 13.5. The van der Waals surface area contributed by atoms with Crippen LogP contribution in [0.4, 0.5) is 6.18 Å². The average molecular weight is 466 g/mol. The number of halogens is 2. The maximum atomic E-state index is 9.75. The minimum atomic E-state index is -2.50. The van der Waals surface area contributed by atoms with E-state index in [0.717, 1.165) is 0 Å². The molecular formula is C27H25F2PTi-2. The molecule has 0 saturated heterocycles. The first-order chi connectivity index (χ1) is 15.0. The molecule has 5 aromatic carbocycles. The van der Waals surface area contributed by atoms with Gasteiger partial charge in [0, 0.05) is 0 Å². The Labute approximate surface area is 194 Å². The molecule has 0 heterocycles. The van der Waals surface area contributed by atoms with Crippen LogP contribution in [0.2, 0.25) is 0 Å². The molecule has 0 nitrogen and oxygen atoms in total. The summed E-state index contributed by atoms with van der Waals surface area (Å²) in [6.45, 7) is 6.74. The number of aryl methyl sites for hydroxylation is 1. The van der Waals surface area contributed by atoms with Crippen LogP contribution in [0.1, 0.15) is 5.56 Å². The van der Waals surface area contributed by atoms with Gasteiger partial charge in [-0.15, -0.1) is 82.8 Å². The monoisotopic (exact) mass is 466 g/mol. The molecule has 0 radical (unpaired) electrons. The van der Waals surface area contributed by atoms with E-state index in [-0.39, 0.29) is 7.92 Å². The minimum absolute atomic E-state index is 0.0576. The van der Waals surface area contributed by atoms with Crippen molar-refractivity contribution in [1.29, 1.82) is 0 Å². The van der Waals surface area contributed by atoms with Crippen molar-refractivity contribution in [3.05, 3.63) is 103 Å². The Morgan fingerprint density at radius 3 is 2.06 bits per heavy atom. The van der Waals surface area contributed by atoms with E-state index in [2.05, 4.69) is 117 Å². The van der Waals surface area contributed by atoms with Crippen molar-refractivity contribution in [2.75, 3.05) is 13.3 Å². The molecule has 0 amide bonds. The van der Waals surface area contributed by atoms with Crippen LogP contribution >= 0.6 is 7.92 Å². The molecule has 0 aliphatic rings. The van der Waals surface area contributed by atoms with Crippen molar-refractivity contribution in [3.63, 3.8) is 0 Å². The normalized spacial score (nSPS) is 10.4. The molecule has 4 heteroatoms. The zero-order valence-electron chi connectivity index (χ0n) is 17.9. The van der Waals surface area contributed by atoms with Gasteiger partial charge in [0.05, 0.1) is 0 Å². The SMILES string of the molecule is CP(C)c1cc2ccccc2[cH-]1.Cc1cc2c(-c3ccccc3)cccc2[cH-]1.[F][Ti][F]. The summed E-state index contributed by atoms with van der Waals surface area (Å²) in [5, 5.41) is 6.95. The van der Waals surface area contributed by atoms with Crippen LogP contribution in [-0.2, 0) is 20.2 Å². The van der Waals surface area contributed by atoms with Gasteiger partial charge in [-0.3, -0.25) is 0 Å². The summed E-state index contributed by atoms with van der Waals surface area (Å²) in [5.74, 6) is 0. The van der Waals surface area contributed by atoms with Crippen molar-refractivity contribution in [2.45, 2.75) is 6.92 Å².